The van der Waals surface area contributed by atoms with Crippen molar-refractivity contribution in [3.63, 3.8) is 0 Å². The highest BCUT2D eigenvalue weighted by Gasteiger charge is 2.04. The Balaban J connectivity index is 2.49. The third-order valence-corrected chi connectivity index (χ3v) is 4.62. The lowest BCUT2D eigenvalue weighted by Gasteiger charge is -2.10. The van der Waals surface area contributed by atoms with E-state index in [1.807, 2.05) is 18.2 Å². The van der Waals surface area contributed by atoms with Gasteiger partial charge in [0.15, 0.2) is 0 Å². The fraction of sp³-hybridized carbons (Fsp3) is 0.385. The first kappa shape index (κ1) is 14.6. The Labute approximate surface area is 111 Å². The van der Waals surface area contributed by atoms with Gasteiger partial charge in [0.05, 0.1) is 17.8 Å². The third kappa shape index (κ3) is 6.78. The monoisotopic (exact) mass is 270 g/mol. The summed E-state index contributed by atoms with van der Waals surface area (Å²) in [7, 11) is 0. The number of benzene rings is 1. The first-order valence-corrected chi connectivity index (χ1v) is 7.64. The number of hydrogen-bond acceptors (Lipinski definition) is 4. The number of rotatable bonds is 8. The van der Waals surface area contributed by atoms with Crippen LogP contribution in [0.1, 0.15) is 5.56 Å². The first-order chi connectivity index (χ1) is 8.36. The van der Waals surface area contributed by atoms with Crippen LogP contribution in [0.3, 0.4) is 0 Å². The Morgan fingerprint density at radius 1 is 1.00 bits per heavy atom. The third-order valence-electron chi connectivity index (χ3n) is 1.99. The van der Waals surface area contributed by atoms with Gasteiger partial charge in [-0.05, 0) is 5.56 Å². The molecule has 0 radical (unpaired) electrons. The van der Waals surface area contributed by atoms with Crippen LogP contribution in [0.2, 0.25) is 0 Å². The number of thioether (sulfide) groups is 2. The molecule has 94 valence electrons. The van der Waals surface area contributed by atoms with Gasteiger partial charge in [0, 0.05) is 11.5 Å². The molecule has 0 aromatic heterocycles. The largest absolute Gasteiger partial charge is 0.396 e. The van der Waals surface area contributed by atoms with Crippen molar-refractivity contribution in [3.8, 4) is 0 Å². The fourth-order valence-corrected chi connectivity index (χ4v) is 3.27. The molecular weight excluding hydrogens is 252 g/mol. The van der Waals surface area contributed by atoms with E-state index < -0.39 is 0 Å². The maximum atomic E-state index is 8.82. The zero-order chi connectivity index (χ0) is 12.3. The highest BCUT2D eigenvalue weighted by Crippen LogP contribution is 2.25. The Hall–Kier alpha value is -0.420. The minimum atomic E-state index is 0.194. The Morgan fingerprint density at radius 3 is 2.12 bits per heavy atom. The van der Waals surface area contributed by atoms with Gasteiger partial charge in [0.25, 0.3) is 0 Å². The molecule has 0 atom stereocenters. The summed E-state index contributed by atoms with van der Waals surface area (Å²) in [4.78, 5) is 0. The molecule has 0 aliphatic rings. The molecular formula is C13H18O2S2. The summed E-state index contributed by atoms with van der Waals surface area (Å²) in [5.74, 6) is 1.45. The van der Waals surface area contributed by atoms with Crippen molar-refractivity contribution in [1.29, 1.82) is 0 Å². The van der Waals surface area contributed by atoms with Crippen LogP contribution in [0.15, 0.2) is 36.4 Å². The average Bonchev–Trinajstić information content (AvgIpc) is 2.39. The Bertz CT molecular complexity index is 306. The minimum Gasteiger partial charge on any atom is -0.396 e. The van der Waals surface area contributed by atoms with Crippen LogP contribution in [0.4, 0.5) is 0 Å². The van der Waals surface area contributed by atoms with Crippen LogP contribution in [0.25, 0.3) is 6.08 Å². The van der Waals surface area contributed by atoms with Gasteiger partial charge in [0.2, 0.25) is 0 Å². The molecule has 2 N–H and O–H groups in total. The molecule has 0 saturated heterocycles. The van der Waals surface area contributed by atoms with Crippen LogP contribution in [0, 0.1) is 0 Å². The molecule has 0 aliphatic heterocycles. The van der Waals surface area contributed by atoms with E-state index in [-0.39, 0.29) is 17.8 Å². The molecule has 0 amide bonds. The number of aliphatic hydroxyl groups is 2. The summed E-state index contributed by atoms with van der Waals surface area (Å²) in [6.07, 6.45) is 4.20. The van der Waals surface area contributed by atoms with E-state index in [4.69, 9.17) is 10.2 Å². The van der Waals surface area contributed by atoms with Crippen LogP contribution >= 0.6 is 23.5 Å². The molecule has 4 heteroatoms. The van der Waals surface area contributed by atoms with Gasteiger partial charge in [-0.1, -0.05) is 42.5 Å². The summed E-state index contributed by atoms with van der Waals surface area (Å²) >= 11 is 3.39. The molecule has 2 nitrogen and oxygen atoms in total. The van der Waals surface area contributed by atoms with Gasteiger partial charge >= 0.3 is 0 Å². The van der Waals surface area contributed by atoms with Crippen LogP contribution in [-0.2, 0) is 0 Å². The summed E-state index contributed by atoms with van der Waals surface area (Å²) in [6.45, 7) is 0.389. The molecule has 0 unspecified atom stereocenters. The topological polar surface area (TPSA) is 40.5 Å². The van der Waals surface area contributed by atoms with Crippen molar-refractivity contribution in [2.75, 3.05) is 24.7 Å². The molecule has 0 fully saturated rings. The van der Waals surface area contributed by atoms with E-state index in [0.29, 0.717) is 0 Å². The normalized spacial score (nSPS) is 11.5. The number of hydrogen-bond donors (Lipinski definition) is 2. The van der Waals surface area contributed by atoms with E-state index in [1.54, 1.807) is 23.5 Å². The highest BCUT2D eigenvalue weighted by atomic mass is 32.2. The van der Waals surface area contributed by atoms with Gasteiger partial charge < -0.3 is 10.2 Å². The Kier molecular flexibility index (Phi) is 8.26. The lowest BCUT2D eigenvalue weighted by Crippen LogP contribution is -2.00. The summed E-state index contributed by atoms with van der Waals surface area (Å²) in [6, 6.07) is 10.1. The van der Waals surface area contributed by atoms with Crippen molar-refractivity contribution in [2.45, 2.75) is 4.58 Å². The summed E-state index contributed by atoms with van der Waals surface area (Å²) < 4.78 is 0.287. The second kappa shape index (κ2) is 9.59. The minimum absolute atomic E-state index is 0.194. The van der Waals surface area contributed by atoms with E-state index in [0.717, 1.165) is 11.5 Å². The quantitative estimate of drug-likeness (QED) is 0.712. The van der Waals surface area contributed by atoms with Crippen molar-refractivity contribution >= 4 is 29.6 Å². The maximum Gasteiger partial charge on any atom is 0.0687 e. The standard InChI is InChI=1S/C13H18O2S2/c14-8-10-16-13(17-11-9-15)7-6-12-4-2-1-3-5-12/h1-7,13-15H,8-11H2/b7-6+. The summed E-state index contributed by atoms with van der Waals surface area (Å²) in [5.41, 5.74) is 1.17. The zero-order valence-corrected chi connectivity index (χ0v) is 11.3. The van der Waals surface area contributed by atoms with Gasteiger partial charge in [-0.25, -0.2) is 0 Å². The Morgan fingerprint density at radius 2 is 1.59 bits per heavy atom. The predicted molar refractivity (Wildman–Crippen MR) is 78.4 cm³/mol. The second-order valence-electron chi connectivity index (χ2n) is 3.33. The van der Waals surface area contributed by atoms with Crippen molar-refractivity contribution < 1.29 is 10.2 Å². The smallest absolute Gasteiger partial charge is 0.0687 e. The molecule has 17 heavy (non-hydrogen) atoms. The second-order valence-corrected chi connectivity index (χ2v) is 6.12. The maximum absolute atomic E-state index is 8.82. The van der Waals surface area contributed by atoms with Crippen LogP contribution in [-0.4, -0.2) is 39.5 Å². The van der Waals surface area contributed by atoms with Crippen molar-refractivity contribution in [3.05, 3.63) is 42.0 Å². The van der Waals surface area contributed by atoms with E-state index in [2.05, 4.69) is 24.3 Å². The predicted octanol–water partition coefficient (Wildman–Crippen LogP) is 2.48. The average molecular weight is 270 g/mol. The van der Waals surface area contributed by atoms with Crippen molar-refractivity contribution in [2.24, 2.45) is 0 Å². The molecule has 0 saturated carbocycles. The van der Waals surface area contributed by atoms with Gasteiger partial charge in [-0.15, -0.1) is 23.5 Å². The first-order valence-electron chi connectivity index (χ1n) is 5.55. The molecule has 0 spiro atoms. The molecule has 0 aliphatic carbocycles. The fourth-order valence-electron chi connectivity index (χ4n) is 1.25. The lowest BCUT2D eigenvalue weighted by atomic mass is 10.2. The molecule has 1 aromatic carbocycles. The van der Waals surface area contributed by atoms with Crippen LogP contribution < -0.4 is 0 Å². The van der Waals surface area contributed by atoms with Gasteiger partial charge in [-0.3, -0.25) is 0 Å². The van der Waals surface area contributed by atoms with E-state index in [1.165, 1.54) is 5.56 Å². The van der Waals surface area contributed by atoms with Crippen LogP contribution in [0.5, 0.6) is 0 Å². The SMILES string of the molecule is OCCSC(/C=C/c1ccccc1)SCCO. The molecule has 0 heterocycles. The number of aliphatic hydroxyl groups excluding tert-OH is 2. The molecule has 0 bridgehead atoms. The van der Waals surface area contributed by atoms with Gasteiger partial charge in [0.1, 0.15) is 0 Å². The summed E-state index contributed by atoms with van der Waals surface area (Å²) in [5, 5.41) is 17.6. The van der Waals surface area contributed by atoms with E-state index in [9.17, 15) is 0 Å². The van der Waals surface area contributed by atoms with E-state index >= 15 is 0 Å². The highest BCUT2D eigenvalue weighted by molar-refractivity contribution is 8.17. The van der Waals surface area contributed by atoms with Crippen molar-refractivity contribution in [1.82, 2.24) is 0 Å². The molecule has 1 rings (SSSR count). The molecule has 1 aromatic rings. The zero-order valence-electron chi connectivity index (χ0n) is 9.66. The van der Waals surface area contributed by atoms with Gasteiger partial charge in [-0.2, -0.15) is 0 Å². The lowest BCUT2D eigenvalue weighted by molar-refractivity contribution is 0.322.